The first kappa shape index (κ1) is 29.5. The third-order valence-electron chi connectivity index (χ3n) is 6.76. The quantitative estimate of drug-likeness (QED) is 0.101. The molecule has 5 N–H and O–H groups in total. The van der Waals surface area contributed by atoms with Gasteiger partial charge in [-0.1, -0.05) is 72.8 Å². The first-order valence-electron chi connectivity index (χ1n) is 13.8. The van der Waals surface area contributed by atoms with Crippen LogP contribution in [-0.2, 0) is 9.53 Å². The molecule has 0 aromatic heterocycles. The lowest BCUT2D eigenvalue weighted by molar-refractivity contribution is -0.112. The number of phenols is 1. The Kier molecular flexibility index (Phi) is 9.26. The van der Waals surface area contributed by atoms with Crippen molar-refractivity contribution in [1.82, 2.24) is 0 Å². The molecule has 9 nitrogen and oxygen atoms in total. The summed E-state index contributed by atoms with van der Waals surface area (Å²) >= 11 is 0. The van der Waals surface area contributed by atoms with Crippen LogP contribution in [0.1, 0.15) is 11.7 Å². The standard InChI is InChI=1S/C35H31N3O6/c1-42-31-19-18-24(22-30(31)39)34(44-35(41)38-28-17-9-11-23-10-5-6-14-26(23)28)32(43-25-12-3-2-4-13-25)20-21-33(40)37-29-16-8-7-15-27(29)36/h2-22,32,34,39H,36H2,1H3,(H,37,40)(H,38,41)/b21-20+/t32-,34-/m1/s1. The fourth-order valence-corrected chi connectivity index (χ4v) is 4.62. The van der Waals surface area contributed by atoms with Crippen LogP contribution in [0.25, 0.3) is 10.8 Å². The zero-order valence-corrected chi connectivity index (χ0v) is 23.8. The van der Waals surface area contributed by atoms with Crippen LogP contribution in [0.4, 0.5) is 21.9 Å². The van der Waals surface area contributed by atoms with Gasteiger partial charge in [0.05, 0.1) is 24.2 Å². The van der Waals surface area contributed by atoms with E-state index in [2.05, 4.69) is 10.6 Å². The Balaban J connectivity index is 1.48. The van der Waals surface area contributed by atoms with Crippen molar-refractivity contribution in [2.24, 2.45) is 0 Å². The first-order valence-corrected chi connectivity index (χ1v) is 13.8. The summed E-state index contributed by atoms with van der Waals surface area (Å²) in [4.78, 5) is 26.3. The van der Waals surface area contributed by atoms with Crippen molar-refractivity contribution in [3.63, 3.8) is 0 Å². The molecule has 222 valence electrons. The molecule has 0 aliphatic heterocycles. The average molecular weight is 590 g/mol. The van der Waals surface area contributed by atoms with Gasteiger partial charge >= 0.3 is 6.09 Å². The highest BCUT2D eigenvalue weighted by molar-refractivity contribution is 6.01. The molecule has 0 bridgehead atoms. The summed E-state index contributed by atoms with van der Waals surface area (Å²) < 4.78 is 17.5. The van der Waals surface area contributed by atoms with Gasteiger partial charge in [-0.25, -0.2) is 4.79 Å². The van der Waals surface area contributed by atoms with Crippen molar-refractivity contribution in [2.75, 3.05) is 23.5 Å². The van der Waals surface area contributed by atoms with E-state index in [-0.39, 0.29) is 11.5 Å². The molecule has 44 heavy (non-hydrogen) atoms. The molecule has 5 rings (SSSR count). The predicted octanol–water partition coefficient (Wildman–Crippen LogP) is 7.07. The lowest BCUT2D eigenvalue weighted by atomic mass is 10.0. The Hall–Kier alpha value is -5.96. The fourth-order valence-electron chi connectivity index (χ4n) is 4.62. The minimum atomic E-state index is -1.12. The summed E-state index contributed by atoms with van der Waals surface area (Å²) in [5, 5.41) is 17.9. The lowest BCUT2D eigenvalue weighted by Gasteiger charge is -2.27. The van der Waals surface area contributed by atoms with Crippen LogP contribution in [0.2, 0.25) is 0 Å². The number of rotatable bonds is 10. The summed E-state index contributed by atoms with van der Waals surface area (Å²) in [6.07, 6.45) is -0.130. The Morgan fingerprint density at radius 1 is 0.818 bits per heavy atom. The second-order valence-corrected chi connectivity index (χ2v) is 9.74. The Bertz CT molecular complexity index is 1790. The summed E-state index contributed by atoms with van der Waals surface area (Å²) in [5.74, 6) is 0.0770. The summed E-state index contributed by atoms with van der Waals surface area (Å²) in [6, 6.07) is 33.6. The molecular weight excluding hydrogens is 558 g/mol. The lowest BCUT2D eigenvalue weighted by Crippen LogP contribution is -2.30. The van der Waals surface area contributed by atoms with Crippen molar-refractivity contribution < 1.29 is 28.9 Å². The molecule has 9 heteroatoms. The molecule has 0 heterocycles. The van der Waals surface area contributed by atoms with Crippen molar-refractivity contribution in [1.29, 1.82) is 0 Å². The fraction of sp³-hybridized carbons (Fsp3) is 0.0857. The smallest absolute Gasteiger partial charge is 0.412 e. The van der Waals surface area contributed by atoms with Gasteiger partial charge < -0.3 is 30.4 Å². The number of benzene rings is 5. The van der Waals surface area contributed by atoms with Gasteiger partial charge in [-0.2, -0.15) is 0 Å². The second kappa shape index (κ2) is 13.8. The molecule has 2 atom stereocenters. The number of para-hydroxylation sites is 3. The number of hydrogen-bond donors (Lipinski definition) is 4. The third kappa shape index (κ3) is 7.27. The zero-order valence-electron chi connectivity index (χ0n) is 23.8. The van der Waals surface area contributed by atoms with Crippen LogP contribution in [0.3, 0.4) is 0 Å². The SMILES string of the molecule is COc1ccc([C@@H](OC(=O)Nc2cccc3ccccc23)[C@@H](/C=C/C(=O)Nc2ccccc2N)Oc2ccccc2)cc1O. The van der Waals surface area contributed by atoms with Crippen LogP contribution >= 0.6 is 0 Å². The van der Waals surface area contributed by atoms with Crippen LogP contribution in [0, 0.1) is 0 Å². The van der Waals surface area contributed by atoms with E-state index in [1.165, 1.54) is 25.3 Å². The van der Waals surface area contributed by atoms with Crippen LogP contribution in [0.5, 0.6) is 17.2 Å². The average Bonchev–Trinajstić information content (AvgIpc) is 3.04. The third-order valence-corrected chi connectivity index (χ3v) is 6.76. The number of aromatic hydroxyl groups is 1. The van der Waals surface area contributed by atoms with Crippen molar-refractivity contribution in [3.05, 3.63) is 133 Å². The molecule has 0 unspecified atom stereocenters. The van der Waals surface area contributed by atoms with E-state index in [9.17, 15) is 14.7 Å². The summed E-state index contributed by atoms with van der Waals surface area (Å²) in [6.45, 7) is 0. The van der Waals surface area contributed by atoms with Gasteiger partial charge in [0.1, 0.15) is 5.75 Å². The topological polar surface area (TPSA) is 132 Å². The summed E-state index contributed by atoms with van der Waals surface area (Å²) in [5.41, 5.74) is 7.79. The number of ether oxygens (including phenoxy) is 3. The van der Waals surface area contributed by atoms with Crippen molar-refractivity contribution in [2.45, 2.75) is 12.2 Å². The number of amides is 2. The van der Waals surface area contributed by atoms with E-state index < -0.39 is 24.2 Å². The molecule has 0 aliphatic rings. The molecule has 0 aliphatic carbocycles. The van der Waals surface area contributed by atoms with Gasteiger partial charge in [-0.3, -0.25) is 10.1 Å². The van der Waals surface area contributed by atoms with Gasteiger partial charge in [-0.05, 0) is 53.9 Å². The number of nitrogens with two attached hydrogens (primary N) is 1. The largest absolute Gasteiger partial charge is 0.504 e. The molecule has 2 amide bonds. The minimum absolute atomic E-state index is 0.159. The normalized spacial score (nSPS) is 12.3. The molecular formula is C35H31N3O6. The maximum Gasteiger partial charge on any atom is 0.412 e. The number of carbonyl (C=O) groups is 2. The molecule has 5 aromatic rings. The first-order chi connectivity index (χ1) is 21.4. The predicted molar refractivity (Wildman–Crippen MR) is 171 cm³/mol. The highest BCUT2D eigenvalue weighted by Crippen LogP contribution is 2.34. The number of nitrogen functional groups attached to an aromatic ring is 1. The highest BCUT2D eigenvalue weighted by atomic mass is 16.6. The van der Waals surface area contributed by atoms with Gasteiger partial charge in [0.15, 0.2) is 23.7 Å². The molecule has 0 saturated heterocycles. The number of methoxy groups -OCH3 is 1. The Morgan fingerprint density at radius 2 is 1.52 bits per heavy atom. The number of anilines is 3. The molecule has 0 fully saturated rings. The molecule has 0 spiro atoms. The van der Waals surface area contributed by atoms with E-state index in [1.54, 1.807) is 66.7 Å². The highest BCUT2D eigenvalue weighted by Gasteiger charge is 2.29. The number of carbonyl (C=O) groups excluding carboxylic acids is 2. The summed E-state index contributed by atoms with van der Waals surface area (Å²) in [7, 11) is 1.43. The van der Waals surface area contributed by atoms with E-state index in [1.807, 2.05) is 42.5 Å². The van der Waals surface area contributed by atoms with Crippen molar-refractivity contribution in [3.8, 4) is 17.2 Å². The second-order valence-electron chi connectivity index (χ2n) is 9.74. The Morgan fingerprint density at radius 3 is 2.30 bits per heavy atom. The molecule has 0 saturated carbocycles. The number of phenolic OH excluding ortho intramolecular Hbond substituents is 1. The maximum atomic E-state index is 13.4. The molecule has 5 aromatic carbocycles. The monoisotopic (exact) mass is 589 g/mol. The van der Waals surface area contributed by atoms with E-state index in [0.717, 1.165) is 10.8 Å². The zero-order chi connectivity index (χ0) is 30.9. The maximum absolute atomic E-state index is 13.4. The van der Waals surface area contributed by atoms with E-state index in [0.29, 0.717) is 28.4 Å². The minimum Gasteiger partial charge on any atom is -0.504 e. The number of nitrogens with one attached hydrogen (secondary N) is 2. The van der Waals surface area contributed by atoms with Gasteiger partial charge in [0, 0.05) is 17.0 Å². The number of fused-ring (bicyclic) bond motifs is 1. The Labute approximate surface area is 254 Å². The number of hydrogen-bond acceptors (Lipinski definition) is 7. The van der Waals surface area contributed by atoms with Crippen LogP contribution < -0.4 is 25.8 Å². The van der Waals surface area contributed by atoms with E-state index >= 15 is 0 Å². The van der Waals surface area contributed by atoms with Crippen LogP contribution in [0.15, 0.2) is 127 Å². The van der Waals surface area contributed by atoms with E-state index in [4.69, 9.17) is 19.9 Å². The van der Waals surface area contributed by atoms with Gasteiger partial charge in [0.25, 0.3) is 0 Å². The van der Waals surface area contributed by atoms with Crippen molar-refractivity contribution >= 4 is 39.8 Å². The van der Waals surface area contributed by atoms with Gasteiger partial charge in [0.2, 0.25) is 5.91 Å². The molecule has 0 radical (unpaired) electrons. The van der Waals surface area contributed by atoms with Gasteiger partial charge in [-0.15, -0.1) is 0 Å². The van der Waals surface area contributed by atoms with Crippen LogP contribution in [-0.4, -0.2) is 30.3 Å².